The molecule has 1 atom stereocenters. The monoisotopic (exact) mass is 466 g/mol. The smallest absolute Gasteiger partial charge is 0.406 e. The van der Waals surface area contributed by atoms with Gasteiger partial charge in [0.25, 0.3) is 0 Å². The van der Waals surface area contributed by atoms with E-state index in [2.05, 4.69) is 25.8 Å². The van der Waals surface area contributed by atoms with Crippen molar-refractivity contribution in [2.24, 2.45) is 0 Å². The van der Waals surface area contributed by atoms with Crippen molar-refractivity contribution in [1.29, 1.82) is 0 Å². The number of hydrogen-bond acceptors (Lipinski definition) is 3. The van der Waals surface area contributed by atoms with Gasteiger partial charge in [-0.05, 0) is 60.5 Å². The first-order valence-corrected chi connectivity index (χ1v) is 9.71. The molecule has 0 spiro atoms. The van der Waals surface area contributed by atoms with E-state index in [1.54, 1.807) is 11.6 Å². The van der Waals surface area contributed by atoms with Gasteiger partial charge >= 0.3 is 6.36 Å². The molecule has 0 amide bonds. The van der Waals surface area contributed by atoms with E-state index in [0.29, 0.717) is 5.56 Å². The largest absolute Gasteiger partial charge is 0.573 e. The third-order valence-electron chi connectivity index (χ3n) is 4.48. The first kappa shape index (κ1) is 21.1. The Kier molecular flexibility index (Phi) is 6.12. The van der Waals surface area contributed by atoms with E-state index in [4.69, 9.17) is 0 Å². The quantitative estimate of drug-likeness (QED) is 0.413. The molecule has 0 bridgehead atoms. The topological polar surface area (TPSA) is 44.1 Å². The molecule has 152 valence electrons. The van der Waals surface area contributed by atoms with Gasteiger partial charge in [-0.15, -0.1) is 13.2 Å². The molecule has 0 saturated carbocycles. The fourth-order valence-electron chi connectivity index (χ4n) is 2.98. The first-order valence-electron chi connectivity index (χ1n) is 8.92. The van der Waals surface area contributed by atoms with Gasteiger partial charge in [-0.2, -0.15) is 5.10 Å². The van der Waals surface area contributed by atoms with Crippen molar-refractivity contribution in [2.75, 3.05) is 0 Å². The zero-order valence-electron chi connectivity index (χ0n) is 15.7. The Hall–Kier alpha value is -2.61. The molecular weight excluding hydrogens is 449 g/mol. The summed E-state index contributed by atoms with van der Waals surface area (Å²) in [7, 11) is 0. The Balaban J connectivity index is 1.90. The van der Waals surface area contributed by atoms with Crippen LogP contribution in [0.5, 0.6) is 5.75 Å². The van der Waals surface area contributed by atoms with Crippen LogP contribution in [0.3, 0.4) is 0 Å². The standard InChI is InChI=1S/C21H18BrF3N2O2/c1-3-16-10-11-27(26-16)19-9-6-15(22)12-18(19)13(2)20(28)14-4-7-17(8-5-14)29-21(23,24)25/h4-13H,3H2,1-2H3. The van der Waals surface area contributed by atoms with Crippen LogP contribution in [0, 0.1) is 0 Å². The van der Waals surface area contributed by atoms with E-state index in [1.165, 1.54) is 12.1 Å². The van der Waals surface area contributed by atoms with Gasteiger partial charge in [-0.25, -0.2) is 4.68 Å². The molecule has 3 rings (SSSR count). The number of halogens is 4. The van der Waals surface area contributed by atoms with Crippen LogP contribution in [0.25, 0.3) is 5.69 Å². The average molecular weight is 467 g/mol. The maximum absolute atomic E-state index is 13.0. The van der Waals surface area contributed by atoms with Crippen LogP contribution in [0.4, 0.5) is 13.2 Å². The van der Waals surface area contributed by atoms with Gasteiger partial charge < -0.3 is 4.74 Å². The number of rotatable bonds is 6. The summed E-state index contributed by atoms with van der Waals surface area (Å²) in [5.41, 5.74) is 2.75. The van der Waals surface area contributed by atoms with Crippen molar-refractivity contribution in [3.63, 3.8) is 0 Å². The summed E-state index contributed by atoms with van der Waals surface area (Å²) in [6.45, 7) is 3.77. The molecule has 8 heteroatoms. The van der Waals surface area contributed by atoms with Gasteiger partial charge in [0, 0.05) is 22.2 Å². The van der Waals surface area contributed by atoms with Crippen molar-refractivity contribution < 1.29 is 22.7 Å². The molecule has 0 N–H and O–H groups in total. The van der Waals surface area contributed by atoms with Crippen molar-refractivity contribution >= 4 is 21.7 Å². The lowest BCUT2D eigenvalue weighted by molar-refractivity contribution is -0.274. The lowest BCUT2D eigenvalue weighted by Gasteiger charge is -2.17. The van der Waals surface area contributed by atoms with E-state index >= 15 is 0 Å². The third kappa shape index (κ3) is 5.06. The molecule has 1 aromatic heterocycles. The lowest BCUT2D eigenvalue weighted by Crippen LogP contribution is -2.17. The van der Waals surface area contributed by atoms with Gasteiger partial charge in [-0.1, -0.05) is 29.8 Å². The van der Waals surface area contributed by atoms with Gasteiger partial charge in [0.15, 0.2) is 5.78 Å². The van der Waals surface area contributed by atoms with Crippen LogP contribution in [0.15, 0.2) is 59.2 Å². The SMILES string of the molecule is CCc1ccn(-c2ccc(Br)cc2C(C)C(=O)c2ccc(OC(F)(F)F)cc2)n1. The van der Waals surface area contributed by atoms with Crippen LogP contribution in [0.1, 0.15) is 41.4 Å². The second-order valence-electron chi connectivity index (χ2n) is 6.47. The molecule has 0 fully saturated rings. The highest BCUT2D eigenvalue weighted by atomic mass is 79.9. The summed E-state index contributed by atoms with van der Waals surface area (Å²) in [4.78, 5) is 13.0. The fourth-order valence-corrected chi connectivity index (χ4v) is 3.36. The minimum Gasteiger partial charge on any atom is -0.406 e. The van der Waals surface area contributed by atoms with E-state index in [0.717, 1.165) is 40.0 Å². The van der Waals surface area contributed by atoms with E-state index in [1.807, 2.05) is 37.4 Å². The molecule has 1 unspecified atom stereocenters. The van der Waals surface area contributed by atoms with E-state index < -0.39 is 12.3 Å². The van der Waals surface area contributed by atoms with E-state index in [-0.39, 0.29) is 11.5 Å². The van der Waals surface area contributed by atoms with Crippen LogP contribution < -0.4 is 4.74 Å². The van der Waals surface area contributed by atoms with Crippen molar-refractivity contribution in [2.45, 2.75) is 32.5 Å². The molecule has 2 aromatic carbocycles. The highest BCUT2D eigenvalue weighted by molar-refractivity contribution is 9.10. The highest BCUT2D eigenvalue weighted by Gasteiger charge is 2.31. The van der Waals surface area contributed by atoms with Gasteiger partial charge in [0.1, 0.15) is 5.75 Å². The van der Waals surface area contributed by atoms with Gasteiger partial charge in [-0.3, -0.25) is 4.79 Å². The molecule has 4 nitrogen and oxygen atoms in total. The number of carbonyl (C=O) groups is 1. The molecule has 3 aromatic rings. The Labute approximate surface area is 174 Å². The number of ether oxygens (including phenoxy) is 1. The van der Waals surface area contributed by atoms with Crippen molar-refractivity contribution in [3.8, 4) is 11.4 Å². The second kappa shape index (κ2) is 8.41. The van der Waals surface area contributed by atoms with E-state index in [9.17, 15) is 18.0 Å². The minimum atomic E-state index is -4.77. The maximum Gasteiger partial charge on any atom is 0.573 e. The normalized spacial score (nSPS) is 12.6. The molecular formula is C21H18BrF3N2O2. The zero-order chi connectivity index (χ0) is 21.2. The summed E-state index contributed by atoms with van der Waals surface area (Å²) in [5.74, 6) is -1.12. The highest BCUT2D eigenvalue weighted by Crippen LogP contribution is 2.30. The van der Waals surface area contributed by atoms with Gasteiger partial charge in [0.05, 0.1) is 11.4 Å². The summed E-state index contributed by atoms with van der Waals surface area (Å²) in [5, 5.41) is 4.52. The van der Waals surface area contributed by atoms with Crippen LogP contribution in [0.2, 0.25) is 0 Å². The number of benzene rings is 2. The average Bonchev–Trinajstić information content (AvgIpc) is 3.15. The molecule has 0 radical (unpaired) electrons. The fraction of sp³-hybridized carbons (Fsp3) is 0.238. The Morgan fingerprint density at radius 2 is 1.86 bits per heavy atom. The Bertz CT molecular complexity index is 1010. The summed E-state index contributed by atoms with van der Waals surface area (Å²) in [6, 6.07) is 12.4. The van der Waals surface area contributed by atoms with Crippen LogP contribution in [-0.4, -0.2) is 21.9 Å². The predicted molar refractivity (Wildman–Crippen MR) is 107 cm³/mol. The predicted octanol–water partition coefficient (Wildman–Crippen LogP) is 6.08. The molecule has 1 heterocycles. The third-order valence-corrected chi connectivity index (χ3v) is 4.97. The first-order chi connectivity index (χ1) is 13.7. The number of Topliss-reactive ketones (excluding diaryl/α,β-unsaturated/α-hetero) is 1. The van der Waals surface area contributed by atoms with Crippen LogP contribution in [-0.2, 0) is 6.42 Å². The number of aryl methyl sites for hydroxylation is 1. The number of carbonyl (C=O) groups excluding carboxylic acids is 1. The summed E-state index contributed by atoms with van der Waals surface area (Å²) < 4.78 is 43.4. The Morgan fingerprint density at radius 3 is 2.45 bits per heavy atom. The number of nitrogens with zero attached hydrogens (tertiary/aromatic N) is 2. The summed E-state index contributed by atoms with van der Waals surface area (Å²) in [6.07, 6.45) is -2.14. The zero-order valence-corrected chi connectivity index (χ0v) is 17.3. The molecule has 0 aliphatic heterocycles. The molecule has 0 saturated heterocycles. The number of alkyl halides is 3. The van der Waals surface area contributed by atoms with Crippen LogP contribution >= 0.6 is 15.9 Å². The molecule has 0 aliphatic rings. The maximum atomic E-state index is 13.0. The lowest BCUT2D eigenvalue weighted by atomic mass is 9.91. The Morgan fingerprint density at radius 1 is 1.17 bits per heavy atom. The number of hydrogen-bond donors (Lipinski definition) is 0. The van der Waals surface area contributed by atoms with Gasteiger partial charge in [0.2, 0.25) is 0 Å². The second-order valence-corrected chi connectivity index (χ2v) is 7.38. The van der Waals surface area contributed by atoms with Crippen molar-refractivity contribution in [3.05, 3.63) is 76.0 Å². The summed E-state index contributed by atoms with van der Waals surface area (Å²) >= 11 is 3.43. The number of aromatic nitrogens is 2. The molecule has 29 heavy (non-hydrogen) atoms. The molecule has 0 aliphatic carbocycles. The number of ketones is 1. The van der Waals surface area contributed by atoms with Crippen molar-refractivity contribution in [1.82, 2.24) is 9.78 Å². The minimum absolute atomic E-state index is 0.217.